The number of hydrogen-bond donors (Lipinski definition) is 0. The molecule has 2 fully saturated rings. The van der Waals surface area contributed by atoms with Crippen LogP contribution >= 0.6 is 0 Å². The van der Waals surface area contributed by atoms with Crippen LogP contribution in [0.4, 0.5) is 5.69 Å². The van der Waals surface area contributed by atoms with Crippen molar-refractivity contribution >= 4 is 5.69 Å². The summed E-state index contributed by atoms with van der Waals surface area (Å²) in [7, 11) is 0. The minimum Gasteiger partial charge on any atom is -0.369 e. The van der Waals surface area contributed by atoms with E-state index < -0.39 is 0 Å². The maximum Gasteiger partial charge on any atom is 0.0553 e. The van der Waals surface area contributed by atoms with Crippen molar-refractivity contribution in [2.45, 2.75) is 12.8 Å². The number of aromatic nitrogens is 1. The minimum atomic E-state index is 0.746. The summed E-state index contributed by atoms with van der Waals surface area (Å²) in [6, 6.07) is 4.15. The van der Waals surface area contributed by atoms with Crippen LogP contribution in [0.15, 0.2) is 24.5 Å². The van der Waals surface area contributed by atoms with Gasteiger partial charge in [0.1, 0.15) is 0 Å². The van der Waals surface area contributed by atoms with Crippen molar-refractivity contribution in [2.24, 2.45) is 5.41 Å². The highest BCUT2D eigenvalue weighted by atomic mass is 15.2. The van der Waals surface area contributed by atoms with Gasteiger partial charge in [0.2, 0.25) is 0 Å². The summed E-state index contributed by atoms with van der Waals surface area (Å²) in [5.41, 5.74) is 2.03. The normalized spacial score (nSPS) is 23.8. The standard InChI is InChI=1S/C10H12N2/c1-2-9(6-11-5-1)12-7-10(8-12)3-4-10/h1-2,5-6H,3-4,7-8H2. The Labute approximate surface area is 72.2 Å². The third-order valence-electron chi connectivity index (χ3n) is 3.02. The van der Waals surface area contributed by atoms with E-state index in [9.17, 15) is 0 Å². The molecule has 0 bridgehead atoms. The highest BCUT2D eigenvalue weighted by Gasteiger charge is 2.52. The summed E-state index contributed by atoms with van der Waals surface area (Å²) >= 11 is 0. The Morgan fingerprint density at radius 1 is 1.33 bits per heavy atom. The molecule has 1 aromatic heterocycles. The van der Waals surface area contributed by atoms with Crippen LogP contribution in [0.5, 0.6) is 0 Å². The van der Waals surface area contributed by atoms with E-state index in [-0.39, 0.29) is 0 Å². The first kappa shape index (κ1) is 6.46. The van der Waals surface area contributed by atoms with Gasteiger partial charge in [0.25, 0.3) is 0 Å². The molecular formula is C10H12N2. The van der Waals surface area contributed by atoms with Crippen molar-refractivity contribution in [1.82, 2.24) is 4.98 Å². The molecule has 2 heterocycles. The summed E-state index contributed by atoms with van der Waals surface area (Å²) in [6.07, 6.45) is 6.68. The summed E-state index contributed by atoms with van der Waals surface area (Å²) in [4.78, 5) is 6.53. The van der Waals surface area contributed by atoms with Gasteiger partial charge < -0.3 is 4.90 Å². The lowest BCUT2D eigenvalue weighted by Gasteiger charge is -2.41. The second-order valence-electron chi connectivity index (χ2n) is 4.07. The summed E-state index contributed by atoms with van der Waals surface area (Å²) in [6.45, 7) is 2.53. The van der Waals surface area contributed by atoms with Crippen LogP contribution in [-0.4, -0.2) is 18.1 Å². The first-order valence-corrected chi connectivity index (χ1v) is 4.53. The third kappa shape index (κ3) is 0.840. The smallest absolute Gasteiger partial charge is 0.0553 e. The van der Waals surface area contributed by atoms with Crippen molar-refractivity contribution in [3.05, 3.63) is 24.5 Å². The van der Waals surface area contributed by atoms with Crippen molar-refractivity contribution < 1.29 is 0 Å². The van der Waals surface area contributed by atoms with Crippen molar-refractivity contribution in [3.63, 3.8) is 0 Å². The summed E-state index contributed by atoms with van der Waals surface area (Å²) in [5, 5.41) is 0. The molecule has 1 aliphatic heterocycles. The zero-order valence-electron chi connectivity index (χ0n) is 7.03. The summed E-state index contributed by atoms with van der Waals surface area (Å²) < 4.78 is 0. The largest absolute Gasteiger partial charge is 0.369 e. The third-order valence-corrected chi connectivity index (χ3v) is 3.02. The zero-order chi connectivity index (χ0) is 8.02. The van der Waals surface area contributed by atoms with E-state index in [2.05, 4.69) is 16.0 Å². The molecular weight excluding hydrogens is 148 g/mol. The van der Waals surface area contributed by atoms with Crippen LogP contribution in [0.2, 0.25) is 0 Å². The van der Waals surface area contributed by atoms with Crippen LogP contribution < -0.4 is 4.90 Å². The second-order valence-corrected chi connectivity index (χ2v) is 4.07. The topological polar surface area (TPSA) is 16.1 Å². The number of pyridine rings is 1. The van der Waals surface area contributed by atoms with E-state index in [0.717, 1.165) is 5.41 Å². The van der Waals surface area contributed by atoms with E-state index in [1.165, 1.54) is 31.6 Å². The first-order chi connectivity index (χ1) is 5.88. The van der Waals surface area contributed by atoms with E-state index in [1.54, 1.807) is 0 Å². The molecule has 1 saturated heterocycles. The Hall–Kier alpha value is -1.05. The van der Waals surface area contributed by atoms with Crippen molar-refractivity contribution in [1.29, 1.82) is 0 Å². The molecule has 0 amide bonds. The lowest BCUT2D eigenvalue weighted by atomic mass is 9.96. The molecule has 0 aromatic carbocycles. The monoisotopic (exact) mass is 160 g/mol. The maximum atomic E-state index is 4.11. The van der Waals surface area contributed by atoms with E-state index in [1.807, 2.05) is 18.5 Å². The zero-order valence-corrected chi connectivity index (χ0v) is 7.03. The molecule has 0 atom stereocenters. The van der Waals surface area contributed by atoms with Gasteiger partial charge in [-0.3, -0.25) is 4.98 Å². The maximum absolute atomic E-state index is 4.11. The van der Waals surface area contributed by atoms with Gasteiger partial charge in [0.05, 0.1) is 11.9 Å². The molecule has 0 N–H and O–H groups in total. The van der Waals surface area contributed by atoms with E-state index >= 15 is 0 Å². The first-order valence-electron chi connectivity index (χ1n) is 4.53. The Morgan fingerprint density at radius 2 is 2.17 bits per heavy atom. The van der Waals surface area contributed by atoms with Crippen LogP contribution in [0, 0.1) is 5.41 Å². The SMILES string of the molecule is c1cncc(N2CC3(CC3)C2)c1. The van der Waals surface area contributed by atoms with Gasteiger partial charge in [-0.1, -0.05) is 0 Å². The lowest BCUT2D eigenvalue weighted by Crippen LogP contribution is -2.48. The Morgan fingerprint density at radius 3 is 2.75 bits per heavy atom. The minimum absolute atomic E-state index is 0.746. The lowest BCUT2D eigenvalue weighted by molar-refractivity contribution is 0.387. The molecule has 12 heavy (non-hydrogen) atoms. The van der Waals surface area contributed by atoms with E-state index in [4.69, 9.17) is 0 Å². The van der Waals surface area contributed by atoms with Crippen LogP contribution in [0.25, 0.3) is 0 Å². The second kappa shape index (κ2) is 2.00. The quantitative estimate of drug-likeness (QED) is 0.621. The molecule has 2 heteroatoms. The van der Waals surface area contributed by atoms with Gasteiger partial charge >= 0.3 is 0 Å². The fourth-order valence-corrected chi connectivity index (χ4v) is 1.98. The van der Waals surface area contributed by atoms with Crippen molar-refractivity contribution in [2.75, 3.05) is 18.0 Å². The average molecular weight is 160 g/mol. The number of anilines is 1. The molecule has 1 spiro atoms. The number of hydrogen-bond acceptors (Lipinski definition) is 2. The number of nitrogens with zero attached hydrogens (tertiary/aromatic N) is 2. The fraction of sp³-hybridized carbons (Fsp3) is 0.500. The Balaban J connectivity index is 1.76. The van der Waals surface area contributed by atoms with Crippen LogP contribution in [-0.2, 0) is 0 Å². The average Bonchev–Trinajstić information content (AvgIpc) is 2.82. The molecule has 62 valence electrons. The Kier molecular flexibility index (Phi) is 1.08. The molecule has 1 saturated carbocycles. The van der Waals surface area contributed by atoms with Crippen LogP contribution in [0.1, 0.15) is 12.8 Å². The van der Waals surface area contributed by atoms with E-state index in [0.29, 0.717) is 0 Å². The Bertz CT molecular complexity index is 282. The van der Waals surface area contributed by atoms with Crippen LogP contribution in [0.3, 0.4) is 0 Å². The van der Waals surface area contributed by atoms with Gasteiger partial charge in [-0.25, -0.2) is 0 Å². The molecule has 1 aliphatic carbocycles. The van der Waals surface area contributed by atoms with Gasteiger partial charge in [-0.05, 0) is 25.0 Å². The number of rotatable bonds is 1. The molecule has 2 nitrogen and oxygen atoms in total. The highest BCUT2D eigenvalue weighted by molar-refractivity contribution is 5.48. The van der Waals surface area contributed by atoms with Gasteiger partial charge in [0.15, 0.2) is 0 Å². The molecule has 0 radical (unpaired) electrons. The molecule has 0 unspecified atom stereocenters. The predicted octanol–water partition coefficient (Wildman–Crippen LogP) is 1.68. The van der Waals surface area contributed by atoms with Gasteiger partial charge in [0, 0.05) is 24.7 Å². The molecule has 1 aromatic rings. The van der Waals surface area contributed by atoms with Gasteiger partial charge in [-0.15, -0.1) is 0 Å². The molecule has 3 rings (SSSR count). The van der Waals surface area contributed by atoms with Crippen molar-refractivity contribution in [3.8, 4) is 0 Å². The summed E-state index contributed by atoms with van der Waals surface area (Å²) in [5.74, 6) is 0. The fourth-order valence-electron chi connectivity index (χ4n) is 1.98. The molecule has 2 aliphatic rings. The predicted molar refractivity (Wildman–Crippen MR) is 48.1 cm³/mol. The highest BCUT2D eigenvalue weighted by Crippen LogP contribution is 2.53. The van der Waals surface area contributed by atoms with Gasteiger partial charge in [-0.2, -0.15) is 0 Å².